The first-order valence-electron chi connectivity index (χ1n) is 12.3. The second-order valence-corrected chi connectivity index (χ2v) is 10.7. The molecule has 0 spiro atoms. The molecule has 9 heteroatoms. The first-order valence-corrected chi connectivity index (χ1v) is 14.1. The number of ether oxygens (including phenoxy) is 1. The van der Waals surface area contributed by atoms with E-state index < -0.39 is 0 Å². The van der Waals surface area contributed by atoms with Gasteiger partial charge in [0.2, 0.25) is 5.91 Å². The van der Waals surface area contributed by atoms with Crippen LogP contribution in [-0.2, 0) is 16.1 Å². The largest absolute Gasteiger partial charge is 0.376 e. The third-order valence-electron chi connectivity index (χ3n) is 6.16. The second-order valence-electron chi connectivity index (χ2n) is 8.84. The van der Waals surface area contributed by atoms with Crippen LogP contribution in [-0.4, -0.2) is 46.2 Å². The molecule has 0 bridgehead atoms. The Hall–Kier alpha value is -2.49. The number of Topliss-reactive ketones (excluding diaryl/α,β-unsaturated/α-hetero) is 1. The van der Waals surface area contributed by atoms with Crippen LogP contribution in [0.4, 0.5) is 0 Å². The Morgan fingerprint density at radius 3 is 2.69 bits per heavy atom. The highest BCUT2D eigenvalue weighted by Crippen LogP contribution is 2.21. The van der Waals surface area contributed by atoms with Crippen molar-refractivity contribution in [3.63, 3.8) is 0 Å². The third kappa shape index (κ3) is 7.27. The van der Waals surface area contributed by atoms with Crippen LogP contribution in [0.25, 0.3) is 10.9 Å². The first kappa shape index (κ1) is 26.6. The lowest BCUT2D eigenvalue weighted by atomic mass is 10.1. The van der Waals surface area contributed by atoms with E-state index in [1.165, 1.54) is 11.8 Å². The maximum Gasteiger partial charge on any atom is 0.262 e. The molecule has 4 rings (SSSR count). The van der Waals surface area contributed by atoms with E-state index >= 15 is 0 Å². The number of para-hydroxylation sites is 1. The van der Waals surface area contributed by atoms with Crippen LogP contribution in [0.3, 0.4) is 0 Å². The van der Waals surface area contributed by atoms with Gasteiger partial charge in [0.05, 0.1) is 22.8 Å². The van der Waals surface area contributed by atoms with E-state index in [4.69, 9.17) is 9.72 Å². The zero-order chi connectivity index (χ0) is 25.3. The Bertz CT molecular complexity index is 1260. The number of amides is 1. The number of carbonyl (C=O) groups is 2. The summed E-state index contributed by atoms with van der Waals surface area (Å²) in [4.78, 5) is 42.7. The van der Waals surface area contributed by atoms with Gasteiger partial charge >= 0.3 is 0 Å². The minimum atomic E-state index is -0.103. The van der Waals surface area contributed by atoms with Crippen molar-refractivity contribution in [1.29, 1.82) is 0 Å². The number of thioether (sulfide) groups is 1. The van der Waals surface area contributed by atoms with E-state index in [-0.39, 0.29) is 29.1 Å². The van der Waals surface area contributed by atoms with E-state index in [1.807, 2.05) is 30.3 Å². The fourth-order valence-electron chi connectivity index (χ4n) is 4.16. The Kier molecular flexibility index (Phi) is 9.72. The van der Waals surface area contributed by atoms with Gasteiger partial charge in [0, 0.05) is 36.2 Å². The summed E-state index contributed by atoms with van der Waals surface area (Å²) in [5, 5.41) is 4.05. The SMILES string of the molecule is O=C(CCCCCn1c(SCC(=O)c2ccc(Br)cc2)nc2ccccc2c1=O)NCC1CCCO1. The molecular weight excluding hydrogens is 542 g/mol. The zero-order valence-corrected chi connectivity index (χ0v) is 22.5. The molecule has 0 aliphatic carbocycles. The number of fused-ring (bicyclic) bond motifs is 1. The number of rotatable bonds is 12. The number of benzene rings is 2. The monoisotopic (exact) mass is 571 g/mol. The van der Waals surface area contributed by atoms with Crippen LogP contribution in [0, 0.1) is 0 Å². The quantitative estimate of drug-likeness (QED) is 0.142. The predicted octanol–water partition coefficient (Wildman–Crippen LogP) is 4.99. The van der Waals surface area contributed by atoms with Crippen LogP contribution in [0.5, 0.6) is 0 Å². The van der Waals surface area contributed by atoms with E-state index in [1.54, 1.807) is 22.8 Å². The summed E-state index contributed by atoms with van der Waals surface area (Å²) >= 11 is 4.67. The van der Waals surface area contributed by atoms with Gasteiger partial charge in [-0.2, -0.15) is 0 Å². The number of hydrogen-bond donors (Lipinski definition) is 1. The number of unbranched alkanes of at least 4 members (excludes halogenated alkanes) is 2. The molecule has 7 nitrogen and oxygen atoms in total. The fraction of sp³-hybridized carbons (Fsp3) is 0.407. The highest BCUT2D eigenvalue weighted by Gasteiger charge is 2.16. The number of ketones is 1. The van der Waals surface area contributed by atoms with Gasteiger partial charge in [-0.05, 0) is 49.9 Å². The van der Waals surface area contributed by atoms with Gasteiger partial charge in [-0.25, -0.2) is 4.98 Å². The minimum Gasteiger partial charge on any atom is -0.376 e. The molecule has 1 aliphatic rings. The molecule has 2 aromatic carbocycles. The number of carbonyl (C=O) groups excluding carboxylic acids is 2. The third-order valence-corrected chi connectivity index (χ3v) is 7.67. The van der Waals surface area contributed by atoms with E-state index in [0.717, 1.165) is 43.2 Å². The summed E-state index contributed by atoms with van der Waals surface area (Å²) in [5.74, 6) is 0.213. The van der Waals surface area contributed by atoms with Gasteiger partial charge in [-0.15, -0.1) is 0 Å². The highest BCUT2D eigenvalue weighted by atomic mass is 79.9. The second kappa shape index (κ2) is 13.2. The molecule has 36 heavy (non-hydrogen) atoms. The summed E-state index contributed by atoms with van der Waals surface area (Å²) in [6.07, 6.45) is 4.97. The highest BCUT2D eigenvalue weighted by molar-refractivity contribution is 9.10. The van der Waals surface area contributed by atoms with Crippen molar-refractivity contribution in [2.45, 2.75) is 56.3 Å². The van der Waals surface area contributed by atoms with Crippen molar-refractivity contribution < 1.29 is 14.3 Å². The van der Waals surface area contributed by atoms with E-state index in [2.05, 4.69) is 21.2 Å². The molecule has 1 aliphatic heterocycles. The van der Waals surface area contributed by atoms with Gasteiger partial charge in [0.25, 0.3) is 5.56 Å². The standard InChI is InChI=1S/C27H30BrN3O4S/c28-20-13-11-19(12-14-20)24(32)18-36-27-30-23-9-4-3-8-22(23)26(34)31(27)15-5-1-2-10-25(33)29-17-21-7-6-16-35-21/h3-4,8-9,11-14,21H,1-2,5-7,10,15-18H2,(H,29,33). The number of halogens is 1. The maximum absolute atomic E-state index is 13.2. The molecule has 1 fully saturated rings. The lowest BCUT2D eigenvalue weighted by Gasteiger charge is -2.13. The zero-order valence-electron chi connectivity index (χ0n) is 20.1. The molecular formula is C27H30BrN3O4S. The van der Waals surface area contributed by atoms with Crippen LogP contribution in [0.2, 0.25) is 0 Å². The lowest BCUT2D eigenvalue weighted by Crippen LogP contribution is -2.31. The minimum absolute atomic E-state index is 0.0181. The van der Waals surface area contributed by atoms with Gasteiger partial charge < -0.3 is 10.1 Å². The Labute approximate surface area is 223 Å². The summed E-state index contributed by atoms with van der Waals surface area (Å²) < 4.78 is 8.11. The summed E-state index contributed by atoms with van der Waals surface area (Å²) in [6, 6.07) is 14.5. The number of aromatic nitrogens is 2. The average Bonchev–Trinajstić information content (AvgIpc) is 3.41. The van der Waals surface area contributed by atoms with Gasteiger partial charge in [-0.1, -0.05) is 58.4 Å². The molecule has 0 radical (unpaired) electrons. The Balaban J connectivity index is 1.34. The molecule has 1 unspecified atom stereocenters. The molecule has 3 aromatic rings. The van der Waals surface area contributed by atoms with Crippen LogP contribution in [0.15, 0.2) is 63.0 Å². The topological polar surface area (TPSA) is 90.3 Å². The van der Waals surface area contributed by atoms with Crippen molar-refractivity contribution in [3.05, 3.63) is 68.9 Å². The number of nitrogens with one attached hydrogen (secondary N) is 1. The van der Waals surface area contributed by atoms with Crippen LogP contribution < -0.4 is 10.9 Å². The smallest absolute Gasteiger partial charge is 0.262 e. The summed E-state index contributed by atoms with van der Waals surface area (Å²) in [7, 11) is 0. The van der Waals surface area contributed by atoms with Gasteiger partial charge in [0.1, 0.15) is 0 Å². The summed E-state index contributed by atoms with van der Waals surface area (Å²) in [5.41, 5.74) is 1.15. The summed E-state index contributed by atoms with van der Waals surface area (Å²) in [6.45, 7) is 1.85. The molecule has 1 atom stereocenters. The molecule has 1 amide bonds. The van der Waals surface area contributed by atoms with Crippen LogP contribution >= 0.6 is 27.7 Å². The average molecular weight is 573 g/mol. The van der Waals surface area contributed by atoms with E-state index in [9.17, 15) is 14.4 Å². The Morgan fingerprint density at radius 1 is 1.11 bits per heavy atom. The van der Waals surface area contributed by atoms with Crippen molar-refractivity contribution in [2.75, 3.05) is 18.9 Å². The molecule has 0 saturated carbocycles. The number of nitrogens with zero attached hydrogens (tertiary/aromatic N) is 2. The van der Waals surface area contributed by atoms with Crippen LogP contribution in [0.1, 0.15) is 48.9 Å². The maximum atomic E-state index is 13.2. The van der Waals surface area contributed by atoms with E-state index in [0.29, 0.717) is 41.1 Å². The first-order chi connectivity index (χ1) is 17.5. The number of hydrogen-bond acceptors (Lipinski definition) is 6. The lowest BCUT2D eigenvalue weighted by molar-refractivity contribution is -0.121. The van der Waals surface area contributed by atoms with Gasteiger partial charge in [0.15, 0.2) is 10.9 Å². The normalized spacial score (nSPS) is 15.3. The van der Waals surface area contributed by atoms with Crippen molar-refractivity contribution >= 4 is 50.3 Å². The molecule has 1 N–H and O–H groups in total. The predicted molar refractivity (Wildman–Crippen MR) is 146 cm³/mol. The molecule has 1 saturated heterocycles. The fourth-order valence-corrected chi connectivity index (χ4v) is 5.34. The molecule has 190 valence electrons. The van der Waals surface area contributed by atoms with Crippen molar-refractivity contribution in [3.8, 4) is 0 Å². The van der Waals surface area contributed by atoms with Gasteiger partial charge in [-0.3, -0.25) is 19.0 Å². The Morgan fingerprint density at radius 2 is 1.92 bits per heavy atom. The molecule has 1 aromatic heterocycles. The molecule has 2 heterocycles. The van der Waals surface area contributed by atoms with Crippen molar-refractivity contribution in [1.82, 2.24) is 14.9 Å². The van der Waals surface area contributed by atoms with Crippen molar-refractivity contribution in [2.24, 2.45) is 0 Å².